The zero-order valence-corrected chi connectivity index (χ0v) is 10.2. The summed E-state index contributed by atoms with van der Waals surface area (Å²) >= 11 is 0. The summed E-state index contributed by atoms with van der Waals surface area (Å²) in [6.07, 6.45) is 1.87. The summed E-state index contributed by atoms with van der Waals surface area (Å²) < 4.78 is 2.31. The van der Waals surface area contributed by atoms with E-state index < -0.39 is 0 Å². The highest BCUT2D eigenvalue weighted by molar-refractivity contribution is 5.81. The van der Waals surface area contributed by atoms with Crippen molar-refractivity contribution in [2.75, 3.05) is 0 Å². The quantitative estimate of drug-likeness (QED) is 0.599. The van der Waals surface area contributed by atoms with Crippen LogP contribution in [0.4, 0.5) is 0 Å². The zero-order valence-electron chi connectivity index (χ0n) is 10.2. The fourth-order valence-corrected chi connectivity index (χ4v) is 2.83. The van der Waals surface area contributed by atoms with Gasteiger partial charge in [-0.25, -0.2) is 4.98 Å². The second kappa shape index (κ2) is 3.42. The summed E-state index contributed by atoms with van der Waals surface area (Å²) in [4.78, 5) is 9.27. The first kappa shape index (κ1) is 9.83. The molecule has 1 aromatic carbocycles. The number of para-hydroxylation sites is 2. The van der Waals surface area contributed by atoms with Crippen molar-refractivity contribution in [2.45, 2.75) is 19.4 Å². The fraction of sp³-hybridized carbons (Fsp3) is 0.200. The standard InChI is InChI=1S/C15H13N3/c1-10-9-18-13-7-3-2-6-12(13)17-15(18)11-5-4-8-16-14(10)11/h2-8,10H,9H2,1H3. The lowest BCUT2D eigenvalue weighted by atomic mass is 9.98. The molecule has 3 aromatic rings. The van der Waals surface area contributed by atoms with E-state index in [2.05, 4.69) is 40.7 Å². The minimum absolute atomic E-state index is 0.436. The second-order valence-corrected chi connectivity index (χ2v) is 4.87. The molecule has 0 saturated carbocycles. The maximum Gasteiger partial charge on any atom is 0.143 e. The lowest BCUT2D eigenvalue weighted by molar-refractivity contribution is 0.583. The minimum atomic E-state index is 0.436. The number of imidazole rings is 1. The SMILES string of the molecule is CC1Cn2c(nc3ccccc32)-c2cccnc21. The van der Waals surface area contributed by atoms with E-state index in [4.69, 9.17) is 4.98 Å². The predicted octanol–water partition coefficient (Wildman–Crippen LogP) is 3.22. The first-order valence-corrected chi connectivity index (χ1v) is 6.25. The van der Waals surface area contributed by atoms with Crippen LogP contribution in [-0.4, -0.2) is 14.5 Å². The van der Waals surface area contributed by atoms with Gasteiger partial charge in [0.05, 0.1) is 16.7 Å². The van der Waals surface area contributed by atoms with Crippen molar-refractivity contribution in [3.63, 3.8) is 0 Å². The summed E-state index contributed by atoms with van der Waals surface area (Å²) in [5.74, 6) is 1.49. The molecule has 3 heterocycles. The smallest absolute Gasteiger partial charge is 0.143 e. The molecule has 1 unspecified atom stereocenters. The maximum absolute atomic E-state index is 4.75. The van der Waals surface area contributed by atoms with E-state index in [-0.39, 0.29) is 0 Å². The van der Waals surface area contributed by atoms with Crippen LogP contribution >= 0.6 is 0 Å². The van der Waals surface area contributed by atoms with E-state index in [1.165, 1.54) is 16.8 Å². The van der Waals surface area contributed by atoms with Crippen molar-refractivity contribution in [3.8, 4) is 11.4 Å². The Hall–Kier alpha value is -2.16. The average Bonchev–Trinajstić information content (AvgIpc) is 2.78. The van der Waals surface area contributed by atoms with Gasteiger partial charge in [-0.2, -0.15) is 0 Å². The Morgan fingerprint density at radius 2 is 2.06 bits per heavy atom. The van der Waals surface area contributed by atoms with Gasteiger partial charge in [0.25, 0.3) is 0 Å². The Labute approximate surface area is 105 Å². The molecule has 88 valence electrons. The van der Waals surface area contributed by atoms with Gasteiger partial charge >= 0.3 is 0 Å². The van der Waals surface area contributed by atoms with Crippen LogP contribution in [0.5, 0.6) is 0 Å². The van der Waals surface area contributed by atoms with E-state index in [0.29, 0.717) is 5.92 Å². The van der Waals surface area contributed by atoms with Gasteiger partial charge in [0, 0.05) is 24.2 Å². The largest absolute Gasteiger partial charge is 0.323 e. The van der Waals surface area contributed by atoms with Gasteiger partial charge in [-0.1, -0.05) is 19.1 Å². The molecule has 0 aliphatic carbocycles. The first-order chi connectivity index (χ1) is 8.84. The normalized spacial score (nSPS) is 17.5. The molecule has 3 heteroatoms. The highest BCUT2D eigenvalue weighted by Gasteiger charge is 2.25. The highest BCUT2D eigenvalue weighted by atomic mass is 15.1. The molecule has 4 rings (SSSR count). The topological polar surface area (TPSA) is 30.7 Å². The van der Waals surface area contributed by atoms with Crippen LogP contribution < -0.4 is 0 Å². The first-order valence-electron chi connectivity index (χ1n) is 6.25. The molecule has 0 saturated heterocycles. The zero-order chi connectivity index (χ0) is 12.1. The number of benzene rings is 1. The van der Waals surface area contributed by atoms with Crippen LogP contribution in [0.15, 0.2) is 42.6 Å². The van der Waals surface area contributed by atoms with Gasteiger partial charge in [-0.15, -0.1) is 0 Å². The molecule has 0 spiro atoms. The number of hydrogen-bond donors (Lipinski definition) is 0. The number of aromatic nitrogens is 3. The lowest BCUT2D eigenvalue weighted by Gasteiger charge is -2.23. The summed E-state index contributed by atoms with van der Waals surface area (Å²) in [5, 5.41) is 0. The number of nitrogens with zero attached hydrogens (tertiary/aromatic N) is 3. The van der Waals surface area contributed by atoms with E-state index in [9.17, 15) is 0 Å². The third-order valence-corrected chi connectivity index (χ3v) is 3.66. The van der Waals surface area contributed by atoms with E-state index in [1.54, 1.807) is 0 Å². The van der Waals surface area contributed by atoms with Crippen LogP contribution in [0, 0.1) is 0 Å². The third kappa shape index (κ3) is 1.19. The molecule has 0 N–H and O–H groups in total. The van der Waals surface area contributed by atoms with Gasteiger partial charge in [0.15, 0.2) is 0 Å². The summed E-state index contributed by atoms with van der Waals surface area (Å²) in [7, 11) is 0. The molecular formula is C15H13N3. The van der Waals surface area contributed by atoms with E-state index >= 15 is 0 Å². The molecule has 18 heavy (non-hydrogen) atoms. The van der Waals surface area contributed by atoms with E-state index in [1.807, 2.05) is 18.3 Å². The van der Waals surface area contributed by atoms with Crippen molar-refractivity contribution >= 4 is 11.0 Å². The predicted molar refractivity (Wildman–Crippen MR) is 71.4 cm³/mol. The Morgan fingerprint density at radius 3 is 3.00 bits per heavy atom. The molecule has 2 aromatic heterocycles. The Balaban J connectivity index is 2.10. The Kier molecular flexibility index (Phi) is 1.87. The highest BCUT2D eigenvalue weighted by Crippen LogP contribution is 2.36. The van der Waals surface area contributed by atoms with Gasteiger partial charge in [0.1, 0.15) is 5.82 Å². The molecule has 0 bridgehead atoms. The molecule has 1 aliphatic rings. The molecule has 1 atom stereocenters. The molecule has 1 aliphatic heterocycles. The van der Waals surface area contributed by atoms with E-state index in [0.717, 1.165) is 17.9 Å². The van der Waals surface area contributed by atoms with Crippen molar-refractivity contribution < 1.29 is 0 Å². The number of hydrogen-bond acceptors (Lipinski definition) is 2. The number of fused-ring (bicyclic) bond motifs is 5. The van der Waals surface area contributed by atoms with Gasteiger partial charge in [-0.05, 0) is 24.3 Å². The van der Waals surface area contributed by atoms with Crippen LogP contribution in [0.25, 0.3) is 22.4 Å². The molecule has 0 fully saturated rings. The van der Waals surface area contributed by atoms with Crippen LogP contribution in [0.3, 0.4) is 0 Å². The second-order valence-electron chi connectivity index (χ2n) is 4.87. The molecule has 3 nitrogen and oxygen atoms in total. The fourth-order valence-electron chi connectivity index (χ4n) is 2.83. The van der Waals surface area contributed by atoms with Crippen molar-refractivity contribution in [3.05, 3.63) is 48.3 Å². The van der Waals surface area contributed by atoms with Crippen molar-refractivity contribution in [1.82, 2.24) is 14.5 Å². The molecular weight excluding hydrogens is 222 g/mol. The number of pyridine rings is 1. The number of rotatable bonds is 0. The molecule has 0 amide bonds. The molecule has 0 radical (unpaired) electrons. The van der Waals surface area contributed by atoms with Crippen LogP contribution in [0.2, 0.25) is 0 Å². The average molecular weight is 235 g/mol. The van der Waals surface area contributed by atoms with Gasteiger partial charge < -0.3 is 4.57 Å². The lowest BCUT2D eigenvalue weighted by Crippen LogP contribution is -2.16. The van der Waals surface area contributed by atoms with Crippen molar-refractivity contribution in [1.29, 1.82) is 0 Å². The minimum Gasteiger partial charge on any atom is -0.323 e. The van der Waals surface area contributed by atoms with Crippen LogP contribution in [-0.2, 0) is 6.54 Å². The summed E-state index contributed by atoms with van der Waals surface area (Å²) in [5.41, 5.74) is 4.62. The van der Waals surface area contributed by atoms with Crippen LogP contribution in [0.1, 0.15) is 18.5 Å². The maximum atomic E-state index is 4.75. The summed E-state index contributed by atoms with van der Waals surface area (Å²) in [6.45, 7) is 3.18. The third-order valence-electron chi connectivity index (χ3n) is 3.66. The van der Waals surface area contributed by atoms with Gasteiger partial charge in [0.2, 0.25) is 0 Å². The summed E-state index contributed by atoms with van der Waals surface area (Å²) in [6, 6.07) is 12.4. The monoisotopic (exact) mass is 235 g/mol. The Morgan fingerprint density at radius 1 is 1.17 bits per heavy atom. The van der Waals surface area contributed by atoms with Gasteiger partial charge in [-0.3, -0.25) is 4.98 Å². The Bertz CT molecular complexity index is 742. The van der Waals surface area contributed by atoms with Crippen molar-refractivity contribution in [2.24, 2.45) is 0 Å².